The highest BCUT2D eigenvalue weighted by atomic mass is 16.5. The Balaban J connectivity index is 1.47. The summed E-state index contributed by atoms with van der Waals surface area (Å²) < 4.78 is 10.7. The van der Waals surface area contributed by atoms with Crippen LogP contribution in [0.15, 0.2) is 36.4 Å². The molecule has 0 aliphatic carbocycles. The van der Waals surface area contributed by atoms with Gasteiger partial charge in [0.15, 0.2) is 17.3 Å². The molecule has 0 unspecified atom stereocenters. The number of aryl methyl sites for hydroxylation is 2. The highest BCUT2D eigenvalue weighted by Gasteiger charge is 2.22. The lowest BCUT2D eigenvalue weighted by atomic mass is 9.99. The van der Waals surface area contributed by atoms with Crippen LogP contribution in [0.3, 0.4) is 0 Å². The van der Waals surface area contributed by atoms with E-state index in [-0.39, 0.29) is 24.5 Å². The molecule has 1 saturated heterocycles. The Bertz CT molecular complexity index is 933. The molecule has 6 nitrogen and oxygen atoms in total. The average molecular weight is 425 g/mol. The van der Waals surface area contributed by atoms with Crippen LogP contribution < -0.4 is 9.47 Å². The Morgan fingerprint density at radius 1 is 0.871 bits per heavy atom. The molecule has 0 atom stereocenters. The van der Waals surface area contributed by atoms with Gasteiger partial charge in [-0.15, -0.1) is 0 Å². The number of hydrogen-bond donors (Lipinski definition) is 0. The van der Waals surface area contributed by atoms with Crippen molar-refractivity contribution in [2.75, 3.05) is 40.4 Å². The summed E-state index contributed by atoms with van der Waals surface area (Å²) in [7, 11) is 3.26. The van der Waals surface area contributed by atoms with E-state index in [1.54, 1.807) is 14.2 Å². The van der Waals surface area contributed by atoms with E-state index in [1.165, 1.54) is 0 Å². The van der Waals surface area contributed by atoms with Gasteiger partial charge in [0.25, 0.3) is 0 Å². The average Bonchev–Trinajstić information content (AvgIpc) is 2.79. The maximum Gasteiger partial charge on any atom is 0.223 e. The third-order valence-corrected chi connectivity index (χ3v) is 5.84. The maximum absolute atomic E-state index is 12.6. The SMILES string of the molecule is COc1ccc(CN2CCN(C(=O)CCC(=O)c3cc(C)ccc3C)CC2)cc1OC. The van der Waals surface area contributed by atoms with Crippen molar-refractivity contribution >= 4 is 11.7 Å². The third kappa shape index (κ3) is 5.85. The number of Topliss-reactive ketones (excluding diaryl/α,β-unsaturated/α-hetero) is 1. The Hall–Kier alpha value is -2.86. The molecule has 6 heteroatoms. The van der Waals surface area contributed by atoms with Crippen molar-refractivity contribution in [3.05, 3.63) is 58.7 Å². The predicted octanol–water partition coefficient (Wildman–Crippen LogP) is 3.63. The van der Waals surface area contributed by atoms with E-state index in [0.717, 1.165) is 53.4 Å². The van der Waals surface area contributed by atoms with Gasteiger partial charge in [0.1, 0.15) is 0 Å². The van der Waals surface area contributed by atoms with Crippen LogP contribution in [0.5, 0.6) is 11.5 Å². The minimum atomic E-state index is 0.0432. The van der Waals surface area contributed by atoms with Crippen molar-refractivity contribution < 1.29 is 19.1 Å². The fourth-order valence-electron chi connectivity index (χ4n) is 3.94. The number of methoxy groups -OCH3 is 2. The van der Waals surface area contributed by atoms with Gasteiger partial charge >= 0.3 is 0 Å². The van der Waals surface area contributed by atoms with E-state index in [9.17, 15) is 9.59 Å². The summed E-state index contributed by atoms with van der Waals surface area (Å²) in [5, 5.41) is 0. The highest BCUT2D eigenvalue weighted by molar-refractivity contribution is 5.99. The molecule has 0 radical (unpaired) electrons. The largest absolute Gasteiger partial charge is 0.493 e. The molecule has 1 aliphatic heterocycles. The van der Waals surface area contributed by atoms with Crippen LogP contribution in [0.25, 0.3) is 0 Å². The van der Waals surface area contributed by atoms with E-state index in [4.69, 9.17) is 9.47 Å². The lowest BCUT2D eigenvalue weighted by molar-refractivity contribution is -0.132. The molecule has 31 heavy (non-hydrogen) atoms. The van der Waals surface area contributed by atoms with Gasteiger partial charge in [-0.05, 0) is 43.2 Å². The molecule has 166 valence electrons. The van der Waals surface area contributed by atoms with Gasteiger partial charge in [-0.25, -0.2) is 0 Å². The molecule has 0 saturated carbocycles. The van der Waals surface area contributed by atoms with Gasteiger partial charge in [-0.1, -0.05) is 23.8 Å². The number of amides is 1. The second-order valence-corrected chi connectivity index (χ2v) is 8.09. The number of ether oxygens (including phenoxy) is 2. The number of carbonyl (C=O) groups is 2. The number of carbonyl (C=O) groups excluding carboxylic acids is 2. The predicted molar refractivity (Wildman–Crippen MR) is 121 cm³/mol. The van der Waals surface area contributed by atoms with Gasteiger partial charge in [0.05, 0.1) is 14.2 Å². The zero-order chi connectivity index (χ0) is 22.4. The minimum absolute atomic E-state index is 0.0432. The molecule has 1 fully saturated rings. The Labute approximate surface area is 184 Å². The fourth-order valence-corrected chi connectivity index (χ4v) is 3.94. The summed E-state index contributed by atoms with van der Waals surface area (Å²) in [5.74, 6) is 1.55. The molecule has 0 aromatic heterocycles. The highest BCUT2D eigenvalue weighted by Crippen LogP contribution is 2.28. The van der Waals surface area contributed by atoms with E-state index in [0.29, 0.717) is 13.1 Å². The Kier molecular flexibility index (Phi) is 7.69. The summed E-state index contributed by atoms with van der Waals surface area (Å²) in [4.78, 5) is 29.4. The maximum atomic E-state index is 12.6. The zero-order valence-corrected chi connectivity index (χ0v) is 18.9. The van der Waals surface area contributed by atoms with E-state index in [1.807, 2.05) is 55.1 Å². The quantitative estimate of drug-likeness (QED) is 0.606. The summed E-state index contributed by atoms with van der Waals surface area (Å²) in [6.07, 6.45) is 0.525. The van der Waals surface area contributed by atoms with Crippen molar-refractivity contribution in [1.82, 2.24) is 9.80 Å². The fraction of sp³-hybridized carbons (Fsp3) is 0.440. The molecule has 1 aliphatic rings. The summed E-state index contributed by atoms with van der Waals surface area (Å²) >= 11 is 0. The number of rotatable bonds is 8. The van der Waals surface area contributed by atoms with Crippen LogP contribution in [-0.4, -0.2) is 61.9 Å². The van der Waals surface area contributed by atoms with Gasteiger partial charge in [0.2, 0.25) is 5.91 Å². The van der Waals surface area contributed by atoms with Crippen molar-refractivity contribution in [2.45, 2.75) is 33.2 Å². The summed E-state index contributed by atoms with van der Waals surface area (Å²) in [6, 6.07) is 11.8. The number of piperazine rings is 1. The van der Waals surface area contributed by atoms with Crippen molar-refractivity contribution in [3.63, 3.8) is 0 Å². The lowest BCUT2D eigenvalue weighted by Gasteiger charge is -2.35. The van der Waals surface area contributed by atoms with E-state index in [2.05, 4.69) is 4.90 Å². The van der Waals surface area contributed by atoms with Crippen LogP contribution in [0, 0.1) is 13.8 Å². The first-order valence-electron chi connectivity index (χ1n) is 10.7. The number of ketones is 1. The molecular weight excluding hydrogens is 392 g/mol. The molecule has 1 amide bonds. The molecule has 3 rings (SSSR count). The first-order valence-corrected chi connectivity index (χ1v) is 10.7. The normalized spacial score (nSPS) is 14.4. The zero-order valence-electron chi connectivity index (χ0n) is 18.9. The van der Waals surface area contributed by atoms with Crippen molar-refractivity contribution in [3.8, 4) is 11.5 Å². The standard InChI is InChI=1S/C25H32N2O4/c1-18-5-6-19(2)21(15-18)22(28)8-10-25(29)27-13-11-26(12-14-27)17-20-7-9-23(30-3)24(16-20)31-4/h5-7,9,15-16H,8,10-14,17H2,1-4H3. The van der Waals surface area contributed by atoms with Crippen LogP contribution in [-0.2, 0) is 11.3 Å². The molecule has 0 spiro atoms. The van der Waals surface area contributed by atoms with Gasteiger partial charge < -0.3 is 14.4 Å². The number of benzene rings is 2. The topological polar surface area (TPSA) is 59.1 Å². The van der Waals surface area contributed by atoms with Gasteiger partial charge in [0, 0.05) is 51.1 Å². The van der Waals surface area contributed by atoms with Crippen molar-refractivity contribution in [2.24, 2.45) is 0 Å². The van der Waals surface area contributed by atoms with Crippen LogP contribution in [0.4, 0.5) is 0 Å². The molecular formula is C25H32N2O4. The monoisotopic (exact) mass is 424 g/mol. The summed E-state index contributed by atoms with van der Waals surface area (Å²) in [6.45, 7) is 7.70. The van der Waals surface area contributed by atoms with Gasteiger partial charge in [-0.3, -0.25) is 14.5 Å². The molecule has 0 bridgehead atoms. The first-order chi connectivity index (χ1) is 14.9. The molecule has 2 aromatic carbocycles. The van der Waals surface area contributed by atoms with Crippen LogP contribution >= 0.6 is 0 Å². The smallest absolute Gasteiger partial charge is 0.223 e. The van der Waals surface area contributed by atoms with E-state index >= 15 is 0 Å². The number of nitrogens with zero attached hydrogens (tertiary/aromatic N) is 2. The van der Waals surface area contributed by atoms with E-state index < -0.39 is 0 Å². The second kappa shape index (κ2) is 10.4. The number of hydrogen-bond acceptors (Lipinski definition) is 5. The minimum Gasteiger partial charge on any atom is -0.493 e. The van der Waals surface area contributed by atoms with Crippen LogP contribution in [0.1, 0.15) is 39.9 Å². The summed E-state index contributed by atoms with van der Waals surface area (Å²) in [5.41, 5.74) is 3.90. The Morgan fingerprint density at radius 2 is 1.58 bits per heavy atom. The van der Waals surface area contributed by atoms with Crippen molar-refractivity contribution in [1.29, 1.82) is 0 Å². The molecule has 1 heterocycles. The molecule has 0 N–H and O–H groups in total. The van der Waals surface area contributed by atoms with Crippen LogP contribution in [0.2, 0.25) is 0 Å². The second-order valence-electron chi connectivity index (χ2n) is 8.09. The van der Waals surface area contributed by atoms with Gasteiger partial charge in [-0.2, -0.15) is 0 Å². The third-order valence-electron chi connectivity index (χ3n) is 5.84. The lowest BCUT2D eigenvalue weighted by Crippen LogP contribution is -2.48. The first kappa shape index (κ1) is 22.8. The molecule has 2 aromatic rings. The Morgan fingerprint density at radius 3 is 2.26 bits per heavy atom.